The molecule has 1 aliphatic heterocycles. The highest BCUT2D eigenvalue weighted by atomic mass is 131. The number of halogens is 2. The third-order valence-corrected chi connectivity index (χ3v) is 5.78. The molecule has 2 aromatic heterocycles. The number of hydrogen-bond donors (Lipinski definition) is 2. The number of ether oxygens (including phenoxy) is 2. The topological polar surface area (TPSA) is 100 Å². The SMILES string of the molecule is CC(C)(C)NCCCn1c(Cc2cc3c(cc2[131I])OCO3)nc2c(N)nc(F)nc21. The zero-order valence-corrected chi connectivity index (χ0v) is 19.3. The summed E-state index contributed by atoms with van der Waals surface area (Å²) >= 11 is 2.27. The summed E-state index contributed by atoms with van der Waals surface area (Å²) in [6.07, 6.45) is 0.511. The maximum atomic E-state index is 13.9. The molecule has 3 N–H and O–H groups in total. The Balaban J connectivity index is 1.67. The van der Waals surface area contributed by atoms with E-state index >= 15 is 0 Å². The van der Waals surface area contributed by atoms with E-state index in [0.717, 1.165) is 33.7 Å². The number of imidazole rings is 1. The zero-order valence-electron chi connectivity index (χ0n) is 17.1. The van der Waals surface area contributed by atoms with Crippen LogP contribution in [0.5, 0.6) is 11.5 Å². The highest BCUT2D eigenvalue weighted by Gasteiger charge is 2.21. The number of nitrogens with two attached hydrogens (primary N) is 1. The normalized spacial score (nSPS) is 13.4. The van der Waals surface area contributed by atoms with Gasteiger partial charge in [0.25, 0.3) is 0 Å². The lowest BCUT2D eigenvalue weighted by atomic mass is 10.1. The van der Waals surface area contributed by atoms with Crippen LogP contribution in [0, 0.1) is 9.65 Å². The first-order chi connectivity index (χ1) is 14.2. The first-order valence-electron chi connectivity index (χ1n) is 9.72. The molecule has 8 nitrogen and oxygen atoms in total. The minimum atomic E-state index is -0.849. The fourth-order valence-corrected chi connectivity index (χ4v) is 4.00. The third kappa shape index (κ3) is 4.43. The molecule has 0 atom stereocenters. The molecule has 0 fully saturated rings. The summed E-state index contributed by atoms with van der Waals surface area (Å²) in [4.78, 5) is 12.3. The second-order valence-electron chi connectivity index (χ2n) is 8.23. The average Bonchev–Trinajstić information content (AvgIpc) is 3.23. The Morgan fingerprint density at radius 2 is 1.93 bits per heavy atom. The van der Waals surface area contributed by atoms with E-state index in [4.69, 9.17) is 15.2 Å². The number of nitrogen functional groups attached to an aromatic ring is 1. The van der Waals surface area contributed by atoms with Crippen LogP contribution in [0.1, 0.15) is 38.6 Å². The molecular formula is C20H24FIN6O2. The van der Waals surface area contributed by atoms with Crippen molar-refractivity contribution in [2.45, 2.75) is 45.7 Å². The van der Waals surface area contributed by atoms with E-state index in [9.17, 15) is 4.39 Å². The van der Waals surface area contributed by atoms with Gasteiger partial charge in [-0.05, 0) is 74.0 Å². The van der Waals surface area contributed by atoms with Crippen molar-refractivity contribution < 1.29 is 13.9 Å². The van der Waals surface area contributed by atoms with E-state index in [2.05, 4.69) is 63.6 Å². The van der Waals surface area contributed by atoms with E-state index in [1.807, 2.05) is 16.7 Å². The summed E-state index contributed by atoms with van der Waals surface area (Å²) in [5.41, 5.74) is 7.84. The Kier molecular flexibility index (Phi) is 5.71. The van der Waals surface area contributed by atoms with Gasteiger partial charge in [0.15, 0.2) is 28.5 Å². The minimum Gasteiger partial charge on any atom is -0.454 e. The molecule has 0 radical (unpaired) electrons. The second-order valence-corrected chi connectivity index (χ2v) is 9.40. The van der Waals surface area contributed by atoms with Crippen LogP contribution in [0.2, 0.25) is 0 Å². The Morgan fingerprint density at radius 3 is 2.67 bits per heavy atom. The molecule has 0 amide bonds. The van der Waals surface area contributed by atoms with Crippen LogP contribution in [0.4, 0.5) is 10.2 Å². The van der Waals surface area contributed by atoms with Gasteiger partial charge < -0.3 is 25.1 Å². The highest BCUT2D eigenvalue weighted by Crippen LogP contribution is 2.36. The van der Waals surface area contributed by atoms with E-state index in [1.54, 1.807) is 0 Å². The van der Waals surface area contributed by atoms with E-state index in [-0.39, 0.29) is 18.1 Å². The van der Waals surface area contributed by atoms with Gasteiger partial charge >= 0.3 is 6.08 Å². The first-order valence-corrected chi connectivity index (χ1v) is 10.8. The molecule has 30 heavy (non-hydrogen) atoms. The molecule has 160 valence electrons. The highest BCUT2D eigenvalue weighted by molar-refractivity contribution is 14.1. The molecule has 10 heteroatoms. The summed E-state index contributed by atoms with van der Waals surface area (Å²) in [6.45, 7) is 8.03. The monoisotopic (exact) mass is 530 g/mol. The Labute approximate surface area is 187 Å². The molecule has 0 bridgehead atoms. The van der Waals surface area contributed by atoms with Crippen molar-refractivity contribution in [3.63, 3.8) is 0 Å². The smallest absolute Gasteiger partial charge is 0.312 e. The number of aromatic nitrogens is 4. The van der Waals surface area contributed by atoms with Gasteiger partial charge in [-0.15, -0.1) is 0 Å². The molecule has 3 heterocycles. The lowest BCUT2D eigenvalue weighted by Gasteiger charge is -2.20. The first kappa shape index (κ1) is 21.0. The lowest BCUT2D eigenvalue weighted by Crippen LogP contribution is -2.36. The van der Waals surface area contributed by atoms with Crippen LogP contribution in [0.3, 0.4) is 0 Å². The predicted molar refractivity (Wildman–Crippen MR) is 120 cm³/mol. The molecule has 4 rings (SSSR count). The number of hydrogen-bond acceptors (Lipinski definition) is 7. The molecular weight excluding hydrogens is 506 g/mol. The number of nitrogens with zero attached hydrogens (tertiary/aromatic N) is 4. The van der Waals surface area contributed by atoms with Crippen molar-refractivity contribution in [2.75, 3.05) is 19.1 Å². The van der Waals surface area contributed by atoms with Crippen LogP contribution in [-0.2, 0) is 13.0 Å². The lowest BCUT2D eigenvalue weighted by molar-refractivity contribution is 0.174. The van der Waals surface area contributed by atoms with Crippen LogP contribution < -0.4 is 20.5 Å². The number of fused-ring (bicyclic) bond motifs is 2. The molecule has 0 spiro atoms. The molecule has 0 saturated carbocycles. The summed E-state index contributed by atoms with van der Waals surface area (Å²) in [6, 6.07) is 3.91. The Hall–Kier alpha value is -2.21. The fraction of sp³-hybridized carbons (Fsp3) is 0.450. The van der Waals surface area contributed by atoms with Gasteiger partial charge in [0, 0.05) is 22.1 Å². The van der Waals surface area contributed by atoms with Crippen molar-refractivity contribution in [3.8, 4) is 11.5 Å². The van der Waals surface area contributed by atoms with E-state index in [0.29, 0.717) is 29.9 Å². The minimum absolute atomic E-state index is 0.0289. The molecule has 0 saturated heterocycles. The zero-order chi connectivity index (χ0) is 21.5. The standard InChI is InChI=1S/C20H24FIN6O2/c1-20(2,3)24-5-4-6-28-15(25-16-17(23)26-19(21)27-18(16)28)8-11-7-13-14(9-12(11)22)30-10-29-13/h7,9,24H,4-6,8,10H2,1-3H3,(H2,23,26,27)/i22+4. The summed E-state index contributed by atoms with van der Waals surface area (Å²) in [7, 11) is 0. The van der Waals surface area contributed by atoms with Crippen molar-refractivity contribution in [1.82, 2.24) is 24.8 Å². The Bertz CT molecular complexity index is 1100. The molecule has 1 aliphatic rings. The maximum absolute atomic E-state index is 13.9. The van der Waals surface area contributed by atoms with Crippen LogP contribution in [0.15, 0.2) is 12.1 Å². The second kappa shape index (κ2) is 8.14. The molecule has 1 aromatic carbocycles. The van der Waals surface area contributed by atoms with Crippen molar-refractivity contribution in [2.24, 2.45) is 0 Å². The van der Waals surface area contributed by atoms with Crippen molar-refractivity contribution in [3.05, 3.63) is 33.2 Å². The maximum Gasteiger partial charge on any atom is 0.312 e. The summed E-state index contributed by atoms with van der Waals surface area (Å²) < 4.78 is 27.8. The summed E-state index contributed by atoms with van der Waals surface area (Å²) in [5.74, 6) is 2.25. The Morgan fingerprint density at radius 1 is 1.20 bits per heavy atom. The number of rotatable bonds is 6. The molecule has 0 unspecified atom stereocenters. The van der Waals surface area contributed by atoms with Crippen LogP contribution in [-0.4, -0.2) is 38.4 Å². The van der Waals surface area contributed by atoms with Gasteiger partial charge in [0.05, 0.1) is 0 Å². The van der Waals surface area contributed by atoms with Crippen LogP contribution >= 0.6 is 22.6 Å². The van der Waals surface area contributed by atoms with Gasteiger partial charge in [-0.1, -0.05) is 0 Å². The van der Waals surface area contributed by atoms with Gasteiger partial charge in [-0.3, -0.25) is 0 Å². The summed E-state index contributed by atoms with van der Waals surface area (Å²) in [5, 5.41) is 3.46. The quantitative estimate of drug-likeness (QED) is 0.287. The van der Waals surface area contributed by atoms with Crippen LogP contribution in [0.25, 0.3) is 11.2 Å². The van der Waals surface area contributed by atoms with Crippen molar-refractivity contribution in [1.29, 1.82) is 0 Å². The van der Waals surface area contributed by atoms with Gasteiger partial charge in [-0.2, -0.15) is 14.4 Å². The van der Waals surface area contributed by atoms with Gasteiger partial charge in [-0.25, -0.2) is 4.98 Å². The third-order valence-electron chi connectivity index (χ3n) is 4.78. The number of benzene rings is 1. The molecule has 0 aliphatic carbocycles. The van der Waals surface area contributed by atoms with E-state index < -0.39 is 6.08 Å². The van der Waals surface area contributed by atoms with Gasteiger partial charge in [0.1, 0.15) is 5.82 Å². The van der Waals surface area contributed by atoms with E-state index in [1.165, 1.54) is 0 Å². The number of nitrogens with one attached hydrogen (secondary N) is 1. The average molecular weight is 530 g/mol. The largest absolute Gasteiger partial charge is 0.454 e. The van der Waals surface area contributed by atoms with Gasteiger partial charge in [0.2, 0.25) is 6.79 Å². The number of anilines is 1. The predicted octanol–water partition coefficient (Wildman–Crippen LogP) is 3.25. The number of aryl methyl sites for hydroxylation is 1. The fourth-order valence-electron chi connectivity index (χ4n) is 3.37. The van der Waals surface area contributed by atoms with Crippen molar-refractivity contribution >= 4 is 39.6 Å². The molecule has 3 aromatic rings.